The molecule has 0 bridgehead atoms. The summed E-state index contributed by atoms with van der Waals surface area (Å²) in [5, 5.41) is 11.5. The summed E-state index contributed by atoms with van der Waals surface area (Å²) in [7, 11) is 0. The Morgan fingerprint density at radius 1 is 1.21 bits per heavy atom. The molecule has 2 aromatic rings. The number of rotatable bonds is 2. The van der Waals surface area contributed by atoms with Gasteiger partial charge in [0.15, 0.2) is 0 Å². The van der Waals surface area contributed by atoms with E-state index in [2.05, 4.69) is 5.32 Å². The summed E-state index contributed by atoms with van der Waals surface area (Å²) in [5.74, 6) is -1.21. The number of carbonyl (C=O) groups is 1. The van der Waals surface area contributed by atoms with Crippen LogP contribution in [-0.2, 0) is 0 Å². The molecule has 4 nitrogen and oxygen atoms in total. The van der Waals surface area contributed by atoms with E-state index < -0.39 is 11.7 Å². The van der Waals surface area contributed by atoms with Crippen molar-refractivity contribution in [2.45, 2.75) is 0 Å². The summed E-state index contributed by atoms with van der Waals surface area (Å²) >= 11 is 0. The van der Waals surface area contributed by atoms with Crippen molar-refractivity contribution in [2.75, 3.05) is 11.1 Å². The monoisotopic (exact) mass is 255 g/mol. The SMILES string of the molecule is N#Cc1ccccc1NC(=O)c1cccc(F)c1N. The first-order chi connectivity index (χ1) is 9.13. The van der Waals surface area contributed by atoms with E-state index in [1.54, 1.807) is 24.3 Å². The molecule has 19 heavy (non-hydrogen) atoms. The Bertz CT molecular complexity index is 677. The normalized spacial score (nSPS) is 9.68. The van der Waals surface area contributed by atoms with Gasteiger partial charge in [0.25, 0.3) is 5.91 Å². The molecule has 1 amide bonds. The molecular formula is C14H10FN3O. The lowest BCUT2D eigenvalue weighted by molar-refractivity contribution is 0.102. The molecule has 0 unspecified atom stereocenters. The number of nitriles is 1. The second kappa shape index (κ2) is 5.19. The van der Waals surface area contributed by atoms with E-state index in [1.165, 1.54) is 18.2 Å². The molecule has 94 valence electrons. The first-order valence-electron chi connectivity index (χ1n) is 5.48. The highest BCUT2D eigenvalue weighted by atomic mass is 19.1. The van der Waals surface area contributed by atoms with E-state index in [0.29, 0.717) is 11.3 Å². The Hall–Kier alpha value is -2.87. The van der Waals surface area contributed by atoms with E-state index in [9.17, 15) is 9.18 Å². The zero-order valence-corrected chi connectivity index (χ0v) is 9.85. The summed E-state index contributed by atoms with van der Waals surface area (Å²) in [4.78, 5) is 12.0. The van der Waals surface area contributed by atoms with Gasteiger partial charge in [-0.05, 0) is 24.3 Å². The minimum absolute atomic E-state index is 0.0349. The highest BCUT2D eigenvalue weighted by Crippen LogP contribution is 2.19. The van der Waals surface area contributed by atoms with Crippen LogP contribution in [0, 0.1) is 17.1 Å². The van der Waals surface area contributed by atoms with Gasteiger partial charge in [0.1, 0.15) is 11.9 Å². The van der Waals surface area contributed by atoms with E-state index in [-0.39, 0.29) is 11.3 Å². The van der Waals surface area contributed by atoms with Crippen LogP contribution in [0.2, 0.25) is 0 Å². The number of nitrogens with two attached hydrogens (primary N) is 1. The van der Waals surface area contributed by atoms with Crippen molar-refractivity contribution in [3.63, 3.8) is 0 Å². The highest BCUT2D eigenvalue weighted by Gasteiger charge is 2.13. The summed E-state index contributed by atoms with van der Waals surface area (Å²) < 4.78 is 13.3. The van der Waals surface area contributed by atoms with Crippen molar-refractivity contribution < 1.29 is 9.18 Å². The van der Waals surface area contributed by atoms with E-state index in [0.717, 1.165) is 0 Å². The Morgan fingerprint density at radius 2 is 1.95 bits per heavy atom. The predicted octanol–water partition coefficient (Wildman–Crippen LogP) is 2.53. The average molecular weight is 255 g/mol. The number of anilines is 2. The summed E-state index contributed by atoms with van der Waals surface area (Å²) in [6.45, 7) is 0. The Kier molecular flexibility index (Phi) is 3.44. The molecule has 2 rings (SSSR count). The van der Waals surface area contributed by atoms with Gasteiger partial charge in [-0.2, -0.15) is 5.26 Å². The van der Waals surface area contributed by atoms with Crippen LogP contribution in [-0.4, -0.2) is 5.91 Å². The molecule has 0 aromatic heterocycles. The van der Waals surface area contributed by atoms with Crippen LogP contribution in [0.1, 0.15) is 15.9 Å². The molecule has 0 radical (unpaired) electrons. The van der Waals surface area contributed by atoms with Crippen LogP contribution < -0.4 is 11.1 Å². The number of nitrogen functional groups attached to an aromatic ring is 1. The summed E-state index contributed by atoms with van der Waals surface area (Å²) in [5.41, 5.74) is 6.01. The number of hydrogen-bond acceptors (Lipinski definition) is 3. The molecule has 0 saturated carbocycles. The molecule has 0 aliphatic rings. The Morgan fingerprint density at radius 3 is 2.68 bits per heavy atom. The number of halogens is 1. The Balaban J connectivity index is 2.32. The zero-order chi connectivity index (χ0) is 13.8. The summed E-state index contributed by atoms with van der Waals surface area (Å²) in [6, 6.07) is 12.5. The fourth-order valence-electron chi connectivity index (χ4n) is 1.61. The number of nitrogens with zero attached hydrogens (tertiary/aromatic N) is 1. The van der Waals surface area contributed by atoms with Crippen LogP contribution in [0.3, 0.4) is 0 Å². The molecule has 5 heteroatoms. The van der Waals surface area contributed by atoms with Crippen LogP contribution in [0.25, 0.3) is 0 Å². The van der Waals surface area contributed by atoms with Crippen molar-refractivity contribution in [3.8, 4) is 6.07 Å². The van der Waals surface area contributed by atoms with Crippen LogP contribution in [0.15, 0.2) is 42.5 Å². The van der Waals surface area contributed by atoms with Gasteiger partial charge in [-0.3, -0.25) is 4.79 Å². The average Bonchev–Trinajstić information content (AvgIpc) is 2.42. The van der Waals surface area contributed by atoms with Crippen molar-refractivity contribution in [1.29, 1.82) is 5.26 Å². The van der Waals surface area contributed by atoms with Gasteiger partial charge in [-0.1, -0.05) is 18.2 Å². The van der Waals surface area contributed by atoms with Gasteiger partial charge in [-0.15, -0.1) is 0 Å². The van der Waals surface area contributed by atoms with Gasteiger partial charge < -0.3 is 11.1 Å². The summed E-state index contributed by atoms with van der Waals surface area (Å²) in [6.07, 6.45) is 0. The van der Waals surface area contributed by atoms with Crippen molar-refractivity contribution in [2.24, 2.45) is 0 Å². The van der Waals surface area contributed by atoms with Gasteiger partial charge in [0.2, 0.25) is 0 Å². The van der Waals surface area contributed by atoms with Gasteiger partial charge in [-0.25, -0.2) is 4.39 Å². The molecule has 0 aliphatic carbocycles. The molecular weight excluding hydrogens is 245 g/mol. The number of hydrogen-bond donors (Lipinski definition) is 2. The lowest BCUT2D eigenvalue weighted by Crippen LogP contribution is -2.15. The van der Waals surface area contributed by atoms with Crippen molar-refractivity contribution >= 4 is 17.3 Å². The number of benzene rings is 2. The molecule has 0 aliphatic heterocycles. The lowest BCUT2D eigenvalue weighted by Gasteiger charge is -2.09. The number of carbonyl (C=O) groups excluding carboxylic acids is 1. The van der Waals surface area contributed by atoms with E-state index >= 15 is 0 Å². The predicted molar refractivity (Wildman–Crippen MR) is 69.9 cm³/mol. The molecule has 0 heterocycles. The van der Waals surface area contributed by atoms with Crippen LogP contribution in [0.4, 0.5) is 15.8 Å². The van der Waals surface area contributed by atoms with Gasteiger partial charge in [0.05, 0.1) is 22.5 Å². The quantitative estimate of drug-likeness (QED) is 0.809. The molecule has 0 saturated heterocycles. The van der Waals surface area contributed by atoms with E-state index in [1.807, 2.05) is 6.07 Å². The van der Waals surface area contributed by atoms with Crippen LogP contribution in [0.5, 0.6) is 0 Å². The van der Waals surface area contributed by atoms with Crippen molar-refractivity contribution in [1.82, 2.24) is 0 Å². The molecule has 0 spiro atoms. The molecule has 0 atom stereocenters. The van der Waals surface area contributed by atoms with Gasteiger partial charge in [0, 0.05) is 0 Å². The fraction of sp³-hybridized carbons (Fsp3) is 0. The molecule has 0 fully saturated rings. The third-order valence-corrected chi connectivity index (χ3v) is 2.59. The maximum absolute atomic E-state index is 13.3. The topological polar surface area (TPSA) is 78.9 Å². The maximum Gasteiger partial charge on any atom is 0.257 e. The minimum Gasteiger partial charge on any atom is -0.396 e. The first kappa shape index (κ1) is 12.6. The third kappa shape index (κ3) is 2.53. The number of para-hydroxylation sites is 2. The first-order valence-corrected chi connectivity index (χ1v) is 5.48. The van der Waals surface area contributed by atoms with Crippen LogP contribution >= 0.6 is 0 Å². The zero-order valence-electron chi connectivity index (χ0n) is 9.85. The highest BCUT2D eigenvalue weighted by molar-refractivity contribution is 6.08. The van der Waals surface area contributed by atoms with E-state index in [4.69, 9.17) is 11.0 Å². The Labute approximate surface area is 109 Å². The standard InChI is InChI=1S/C14H10FN3O/c15-11-6-3-5-10(13(11)17)14(19)18-12-7-2-1-4-9(12)8-16/h1-7H,17H2,(H,18,19). The largest absolute Gasteiger partial charge is 0.396 e. The number of amides is 1. The van der Waals surface area contributed by atoms with Gasteiger partial charge >= 0.3 is 0 Å². The third-order valence-electron chi connectivity index (χ3n) is 2.59. The fourth-order valence-corrected chi connectivity index (χ4v) is 1.61. The molecule has 3 N–H and O–H groups in total. The minimum atomic E-state index is -0.652. The lowest BCUT2D eigenvalue weighted by atomic mass is 10.1. The van der Waals surface area contributed by atoms with Crippen molar-refractivity contribution in [3.05, 3.63) is 59.4 Å². The maximum atomic E-state index is 13.3. The second-order valence-corrected chi connectivity index (χ2v) is 3.81. The second-order valence-electron chi connectivity index (χ2n) is 3.81. The smallest absolute Gasteiger partial charge is 0.257 e. The molecule has 2 aromatic carbocycles. The number of nitrogens with one attached hydrogen (secondary N) is 1.